The molecule has 1 atom stereocenters. The predicted octanol–water partition coefficient (Wildman–Crippen LogP) is 5.63. The smallest absolute Gasteiger partial charge is 0.491 e. The summed E-state index contributed by atoms with van der Waals surface area (Å²) in [5, 5.41) is 21.0. The maximum Gasteiger partial charge on any atom is 0.573 e. The van der Waals surface area contributed by atoms with E-state index in [1.807, 2.05) is 24.3 Å². The number of piperidine rings is 1. The highest BCUT2D eigenvalue weighted by Crippen LogP contribution is 2.29. The second-order valence-corrected chi connectivity index (χ2v) is 9.73. The summed E-state index contributed by atoms with van der Waals surface area (Å²) in [6.45, 7) is 1.97. The van der Waals surface area contributed by atoms with Crippen LogP contribution in [-0.2, 0) is 13.0 Å². The Bertz CT molecular complexity index is 1230. The lowest BCUT2D eigenvalue weighted by molar-refractivity contribution is -0.389. The van der Waals surface area contributed by atoms with Crippen LogP contribution in [0.1, 0.15) is 24.8 Å². The highest BCUT2D eigenvalue weighted by Gasteiger charge is 2.31. The molecule has 39 heavy (non-hydrogen) atoms. The molecule has 2 aromatic carbocycles. The Morgan fingerprint density at radius 3 is 2.33 bits per heavy atom. The van der Waals surface area contributed by atoms with E-state index in [-0.39, 0.29) is 36.4 Å². The fourth-order valence-corrected chi connectivity index (χ4v) is 4.72. The molecule has 13 heteroatoms. The average Bonchev–Trinajstić information content (AvgIpc) is 3.28. The minimum atomic E-state index is -4.70. The topological polar surface area (TPSA) is 103 Å². The van der Waals surface area contributed by atoms with E-state index in [2.05, 4.69) is 14.6 Å². The number of aliphatic hydroxyl groups excluding tert-OH is 1. The normalized spacial score (nSPS) is 15.3. The number of alkyl halides is 3. The Morgan fingerprint density at radius 1 is 1.10 bits per heavy atom. The molecule has 1 aliphatic heterocycles. The number of anilines is 1. The number of nitro groups is 1. The first-order chi connectivity index (χ1) is 18.6. The molecule has 0 aliphatic carbocycles. The van der Waals surface area contributed by atoms with Gasteiger partial charge in [0, 0.05) is 25.3 Å². The van der Waals surface area contributed by atoms with Crippen molar-refractivity contribution in [3.63, 3.8) is 0 Å². The van der Waals surface area contributed by atoms with Crippen molar-refractivity contribution in [1.29, 1.82) is 0 Å². The molecule has 0 saturated carbocycles. The number of ether oxygens (including phenoxy) is 2. The molecule has 210 valence electrons. The molecule has 1 N–H and O–H groups in total. The number of hydrogen-bond donors (Lipinski definition) is 1. The van der Waals surface area contributed by atoms with E-state index in [0.29, 0.717) is 11.7 Å². The number of imidazole rings is 1. The molecular formula is C26H28ClF3N4O5. The SMILES string of the molecule is O=[N+]([O-])c1cn(CCC(O)COc2ccc(CC3CCN(c4ccc(OC(F)(F)F)cc4)CC3)cc2)c(Cl)n1. The summed E-state index contributed by atoms with van der Waals surface area (Å²) in [6, 6.07) is 13.7. The third-order valence-corrected chi connectivity index (χ3v) is 6.85. The molecule has 9 nitrogen and oxygen atoms in total. The van der Waals surface area contributed by atoms with E-state index in [1.54, 1.807) is 12.1 Å². The summed E-state index contributed by atoms with van der Waals surface area (Å²) >= 11 is 5.88. The molecule has 0 bridgehead atoms. The molecule has 1 fully saturated rings. The lowest BCUT2D eigenvalue weighted by Crippen LogP contribution is -2.34. The van der Waals surface area contributed by atoms with Crippen molar-refractivity contribution < 1.29 is 32.7 Å². The first-order valence-corrected chi connectivity index (χ1v) is 12.8. The lowest BCUT2D eigenvalue weighted by atomic mass is 9.90. The number of rotatable bonds is 11. The van der Waals surface area contributed by atoms with Gasteiger partial charge in [0.2, 0.25) is 0 Å². The van der Waals surface area contributed by atoms with E-state index in [4.69, 9.17) is 16.3 Å². The minimum Gasteiger partial charge on any atom is -0.491 e. The largest absolute Gasteiger partial charge is 0.573 e. The van der Waals surface area contributed by atoms with Gasteiger partial charge in [-0.15, -0.1) is 13.2 Å². The second kappa shape index (κ2) is 12.6. The van der Waals surface area contributed by atoms with E-state index in [0.717, 1.165) is 38.0 Å². The van der Waals surface area contributed by atoms with Crippen molar-refractivity contribution in [2.24, 2.45) is 5.92 Å². The van der Waals surface area contributed by atoms with Gasteiger partial charge in [0.25, 0.3) is 0 Å². The van der Waals surface area contributed by atoms with Crippen LogP contribution < -0.4 is 14.4 Å². The van der Waals surface area contributed by atoms with Crippen LogP contribution in [-0.4, -0.2) is 51.7 Å². The Balaban J connectivity index is 1.17. The third-order valence-electron chi connectivity index (χ3n) is 6.55. The summed E-state index contributed by atoms with van der Waals surface area (Å²) in [4.78, 5) is 16.0. The van der Waals surface area contributed by atoms with Crippen LogP contribution >= 0.6 is 11.6 Å². The Labute approximate surface area is 227 Å². The van der Waals surface area contributed by atoms with E-state index in [9.17, 15) is 28.4 Å². The summed E-state index contributed by atoms with van der Waals surface area (Å²) in [5.74, 6) is 0.552. The zero-order valence-electron chi connectivity index (χ0n) is 20.9. The third kappa shape index (κ3) is 8.49. The van der Waals surface area contributed by atoms with Crippen LogP contribution in [0, 0.1) is 16.0 Å². The van der Waals surface area contributed by atoms with Gasteiger partial charge in [-0.1, -0.05) is 12.1 Å². The van der Waals surface area contributed by atoms with Crippen LogP contribution in [0.3, 0.4) is 0 Å². The maximum absolute atomic E-state index is 12.4. The van der Waals surface area contributed by atoms with Crippen LogP contribution in [0.2, 0.25) is 5.28 Å². The summed E-state index contributed by atoms with van der Waals surface area (Å²) < 4.78 is 48.1. The highest BCUT2D eigenvalue weighted by atomic mass is 35.5. The molecule has 0 radical (unpaired) electrons. The first-order valence-electron chi connectivity index (χ1n) is 12.4. The number of nitrogens with zero attached hydrogens (tertiary/aromatic N) is 4. The number of benzene rings is 2. The van der Waals surface area contributed by atoms with Gasteiger partial charge in [0.05, 0.1) is 6.10 Å². The van der Waals surface area contributed by atoms with Crippen molar-refractivity contribution in [2.75, 3.05) is 24.6 Å². The van der Waals surface area contributed by atoms with E-state index >= 15 is 0 Å². The van der Waals surface area contributed by atoms with Crippen molar-refractivity contribution >= 4 is 23.1 Å². The molecule has 1 aromatic heterocycles. The average molecular weight is 569 g/mol. The predicted molar refractivity (Wildman–Crippen MR) is 138 cm³/mol. The quantitative estimate of drug-likeness (QED) is 0.236. The maximum atomic E-state index is 12.4. The molecule has 0 spiro atoms. The Hall–Kier alpha value is -3.51. The number of aromatic nitrogens is 2. The molecule has 3 aromatic rings. The number of aliphatic hydroxyl groups is 1. The van der Waals surface area contributed by atoms with Crippen LogP contribution in [0.4, 0.5) is 24.7 Å². The van der Waals surface area contributed by atoms with Gasteiger partial charge in [-0.3, -0.25) is 4.57 Å². The molecule has 1 unspecified atom stereocenters. The molecule has 1 saturated heterocycles. The molecule has 0 amide bonds. The fourth-order valence-electron chi connectivity index (χ4n) is 4.50. The molecule has 1 aliphatic rings. The Kier molecular flexibility index (Phi) is 9.18. The number of hydrogen-bond acceptors (Lipinski definition) is 7. The zero-order valence-corrected chi connectivity index (χ0v) is 21.6. The van der Waals surface area contributed by atoms with Gasteiger partial charge in [0.15, 0.2) is 0 Å². The molecular weight excluding hydrogens is 541 g/mol. The molecule has 2 heterocycles. The number of halogens is 4. The molecule has 4 rings (SSSR count). The van der Waals surface area contributed by atoms with Gasteiger partial charge in [-0.2, -0.15) is 0 Å². The van der Waals surface area contributed by atoms with E-state index in [1.165, 1.54) is 28.5 Å². The monoisotopic (exact) mass is 568 g/mol. The summed E-state index contributed by atoms with van der Waals surface area (Å²) in [6.07, 6.45) is -1.13. The first kappa shape index (κ1) is 28.5. The van der Waals surface area contributed by atoms with Gasteiger partial charge in [-0.05, 0) is 95.1 Å². The standard InChI is InChI=1S/C26H28ClF3N4O5/c27-25-31-24(34(36)37)16-33(25)14-11-21(35)17-38-22-5-1-18(2-6-22)15-19-9-12-32(13-10-19)20-3-7-23(8-4-20)39-26(28,29)30/h1-8,16,19,21,35H,9-15,17H2. The summed E-state index contributed by atoms with van der Waals surface area (Å²) in [5.41, 5.74) is 2.05. The fraction of sp³-hybridized carbons (Fsp3) is 0.423. The summed E-state index contributed by atoms with van der Waals surface area (Å²) in [7, 11) is 0. The zero-order chi connectivity index (χ0) is 28.0. The number of aryl methyl sites for hydroxylation is 1. The minimum absolute atomic E-state index is 0.00954. The highest BCUT2D eigenvalue weighted by molar-refractivity contribution is 6.28. The van der Waals surface area contributed by atoms with Crippen molar-refractivity contribution in [2.45, 2.75) is 44.7 Å². The van der Waals surface area contributed by atoms with Gasteiger partial charge < -0.3 is 29.6 Å². The second-order valence-electron chi connectivity index (χ2n) is 9.39. The van der Waals surface area contributed by atoms with Gasteiger partial charge in [0.1, 0.15) is 24.3 Å². The van der Waals surface area contributed by atoms with Crippen molar-refractivity contribution in [3.8, 4) is 11.5 Å². The van der Waals surface area contributed by atoms with Crippen LogP contribution in [0.5, 0.6) is 11.5 Å². The van der Waals surface area contributed by atoms with Crippen molar-refractivity contribution in [3.05, 3.63) is 75.7 Å². The van der Waals surface area contributed by atoms with Crippen molar-refractivity contribution in [1.82, 2.24) is 9.55 Å². The Morgan fingerprint density at radius 2 is 1.74 bits per heavy atom. The van der Waals surface area contributed by atoms with Gasteiger partial charge >= 0.3 is 17.5 Å². The van der Waals surface area contributed by atoms with E-state index < -0.39 is 17.4 Å². The van der Waals surface area contributed by atoms with Gasteiger partial charge in [-0.25, -0.2) is 0 Å². The lowest BCUT2D eigenvalue weighted by Gasteiger charge is -2.33. The van der Waals surface area contributed by atoms with Crippen LogP contribution in [0.15, 0.2) is 54.7 Å². The van der Waals surface area contributed by atoms with Crippen LogP contribution in [0.25, 0.3) is 0 Å².